The molecule has 31 heavy (non-hydrogen) atoms. The van der Waals surface area contributed by atoms with E-state index in [9.17, 15) is 8.78 Å². The van der Waals surface area contributed by atoms with Crippen LogP contribution in [0.2, 0.25) is 0 Å². The molecule has 2 N–H and O–H groups in total. The number of piperidine rings is 1. The van der Waals surface area contributed by atoms with Crippen LogP contribution in [0.25, 0.3) is 0 Å². The molecule has 1 saturated heterocycles. The molecule has 9 heteroatoms. The number of halogens is 2. The van der Waals surface area contributed by atoms with Crippen LogP contribution in [0.5, 0.6) is 11.5 Å². The van der Waals surface area contributed by atoms with E-state index in [1.54, 1.807) is 32.2 Å². The van der Waals surface area contributed by atoms with Gasteiger partial charge in [0.05, 0.1) is 19.8 Å². The highest BCUT2D eigenvalue weighted by atomic mass is 19.3. The van der Waals surface area contributed by atoms with Crippen molar-refractivity contribution in [1.82, 2.24) is 15.5 Å². The number of aliphatic imine (C=N–C) groups is 1. The highest BCUT2D eigenvalue weighted by Crippen LogP contribution is 2.33. The maximum atomic E-state index is 12.9. The van der Waals surface area contributed by atoms with E-state index in [0.29, 0.717) is 36.3 Å². The largest absolute Gasteiger partial charge is 0.490 e. The second-order valence-electron chi connectivity index (χ2n) is 7.41. The number of alkyl halides is 2. The number of ether oxygens (including phenoxy) is 3. The molecule has 0 spiro atoms. The van der Waals surface area contributed by atoms with E-state index in [0.717, 1.165) is 45.6 Å². The van der Waals surface area contributed by atoms with Gasteiger partial charge in [-0.25, -0.2) is 4.99 Å². The molecule has 0 unspecified atom stereocenters. The van der Waals surface area contributed by atoms with Gasteiger partial charge in [0.1, 0.15) is 0 Å². The van der Waals surface area contributed by atoms with Crippen LogP contribution in [0, 0.1) is 5.92 Å². The standard InChI is InChI=1S/C22H36F2N4O3/c1-4-25-22(26-15-17-9-11-28(12-10-17)13-14-29-3)27-16-18-7-6-8-19(30-5-2)20(18)31-21(23)24/h6-8,17,21H,4-5,9-16H2,1-3H3,(H2,25,26,27). The van der Waals surface area contributed by atoms with Crippen molar-refractivity contribution in [3.63, 3.8) is 0 Å². The van der Waals surface area contributed by atoms with Crippen molar-refractivity contribution in [2.75, 3.05) is 53.0 Å². The number of nitrogens with one attached hydrogen (secondary N) is 2. The fourth-order valence-electron chi connectivity index (χ4n) is 3.56. The van der Waals surface area contributed by atoms with Crippen molar-refractivity contribution in [2.24, 2.45) is 10.9 Å². The molecule has 0 saturated carbocycles. The summed E-state index contributed by atoms with van der Waals surface area (Å²) in [5.74, 6) is 1.58. The molecule has 0 amide bonds. The highest BCUT2D eigenvalue weighted by molar-refractivity contribution is 5.79. The summed E-state index contributed by atoms with van der Waals surface area (Å²) in [5, 5.41) is 6.61. The number of rotatable bonds is 12. The molecule has 2 rings (SSSR count). The van der Waals surface area contributed by atoms with Gasteiger partial charge in [0.2, 0.25) is 0 Å². The van der Waals surface area contributed by atoms with Crippen molar-refractivity contribution < 1.29 is 23.0 Å². The molecule has 0 atom stereocenters. The number of methoxy groups -OCH3 is 1. The first kappa shape index (κ1) is 25.1. The lowest BCUT2D eigenvalue weighted by Crippen LogP contribution is -2.43. The molecule has 1 aromatic carbocycles. The smallest absolute Gasteiger partial charge is 0.387 e. The maximum absolute atomic E-state index is 12.9. The first-order chi connectivity index (χ1) is 15.1. The average Bonchev–Trinajstić information content (AvgIpc) is 2.76. The second kappa shape index (κ2) is 14.0. The van der Waals surface area contributed by atoms with E-state index in [1.807, 2.05) is 6.92 Å². The zero-order chi connectivity index (χ0) is 22.5. The van der Waals surface area contributed by atoms with Crippen LogP contribution in [0.1, 0.15) is 32.3 Å². The fourth-order valence-corrected chi connectivity index (χ4v) is 3.56. The Bertz CT molecular complexity index is 668. The van der Waals surface area contributed by atoms with Gasteiger partial charge in [-0.15, -0.1) is 0 Å². The number of para-hydroxylation sites is 1. The normalized spacial score (nSPS) is 15.9. The predicted molar refractivity (Wildman–Crippen MR) is 118 cm³/mol. The minimum absolute atomic E-state index is 0.0439. The molecule has 0 aromatic heterocycles. The minimum Gasteiger partial charge on any atom is -0.490 e. The van der Waals surface area contributed by atoms with Gasteiger partial charge in [-0.2, -0.15) is 8.78 Å². The van der Waals surface area contributed by atoms with E-state index in [1.165, 1.54) is 0 Å². The lowest BCUT2D eigenvalue weighted by atomic mass is 9.97. The zero-order valence-electron chi connectivity index (χ0n) is 18.8. The third kappa shape index (κ3) is 8.86. The van der Waals surface area contributed by atoms with Gasteiger partial charge >= 0.3 is 6.61 Å². The van der Waals surface area contributed by atoms with Gasteiger partial charge in [-0.1, -0.05) is 12.1 Å². The molecule has 7 nitrogen and oxygen atoms in total. The summed E-state index contributed by atoms with van der Waals surface area (Å²) >= 11 is 0. The summed E-state index contributed by atoms with van der Waals surface area (Å²) in [6.07, 6.45) is 2.25. The fraction of sp³-hybridized carbons (Fsp3) is 0.682. The number of hydrogen-bond acceptors (Lipinski definition) is 5. The molecule has 1 aliphatic heterocycles. The Balaban J connectivity index is 1.96. The molecule has 1 heterocycles. The van der Waals surface area contributed by atoms with Crippen LogP contribution in [-0.2, 0) is 11.3 Å². The molecule has 176 valence electrons. The number of nitrogens with zero attached hydrogens (tertiary/aromatic N) is 2. The summed E-state index contributed by atoms with van der Waals surface area (Å²) in [5.41, 5.74) is 0.551. The summed E-state index contributed by atoms with van der Waals surface area (Å²) in [6.45, 7) is 6.85. The van der Waals surface area contributed by atoms with Gasteiger partial charge in [-0.05, 0) is 51.8 Å². The number of guanidine groups is 1. The van der Waals surface area contributed by atoms with Crippen LogP contribution in [0.4, 0.5) is 8.78 Å². The Labute approximate surface area is 184 Å². The third-order valence-electron chi connectivity index (χ3n) is 5.20. The van der Waals surface area contributed by atoms with Crippen LogP contribution in [0.15, 0.2) is 23.2 Å². The Morgan fingerprint density at radius 3 is 2.65 bits per heavy atom. The number of benzene rings is 1. The topological polar surface area (TPSA) is 67.4 Å². The summed E-state index contributed by atoms with van der Waals surface area (Å²) in [6, 6.07) is 5.10. The number of hydrogen-bond donors (Lipinski definition) is 2. The molecule has 1 aliphatic rings. The second-order valence-corrected chi connectivity index (χ2v) is 7.41. The van der Waals surface area contributed by atoms with Gasteiger partial charge in [0, 0.05) is 32.3 Å². The van der Waals surface area contributed by atoms with Crippen LogP contribution < -0.4 is 20.1 Å². The first-order valence-corrected chi connectivity index (χ1v) is 11.0. The van der Waals surface area contributed by atoms with Crippen molar-refractivity contribution >= 4 is 5.96 Å². The van der Waals surface area contributed by atoms with E-state index in [-0.39, 0.29) is 12.3 Å². The molecule has 1 fully saturated rings. The van der Waals surface area contributed by atoms with Crippen molar-refractivity contribution in [3.05, 3.63) is 23.8 Å². The van der Waals surface area contributed by atoms with E-state index in [2.05, 4.69) is 20.5 Å². The van der Waals surface area contributed by atoms with Gasteiger partial charge in [0.25, 0.3) is 0 Å². The predicted octanol–water partition coefficient (Wildman–Crippen LogP) is 3.10. The zero-order valence-corrected chi connectivity index (χ0v) is 18.8. The Morgan fingerprint density at radius 1 is 1.23 bits per heavy atom. The van der Waals surface area contributed by atoms with E-state index < -0.39 is 6.61 Å². The third-order valence-corrected chi connectivity index (χ3v) is 5.20. The molecular weight excluding hydrogens is 406 g/mol. The number of likely N-dealkylation sites (tertiary alicyclic amines) is 1. The Hall–Kier alpha value is -2.13. The minimum atomic E-state index is -2.93. The maximum Gasteiger partial charge on any atom is 0.387 e. The summed E-state index contributed by atoms with van der Waals surface area (Å²) < 4.78 is 41.2. The van der Waals surface area contributed by atoms with E-state index in [4.69, 9.17) is 14.2 Å². The Kier molecular flexibility index (Phi) is 11.4. The summed E-state index contributed by atoms with van der Waals surface area (Å²) in [7, 11) is 1.73. The molecule has 1 aromatic rings. The Morgan fingerprint density at radius 2 is 2.00 bits per heavy atom. The summed E-state index contributed by atoms with van der Waals surface area (Å²) in [4.78, 5) is 7.01. The molecule has 0 radical (unpaired) electrons. The quantitative estimate of drug-likeness (QED) is 0.383. The molecule has 0 aliphatic carbocycles. The van der Waals surface area contributed by atoms with Crippen LogP contribution in [-0.4, -0.2) is 70.5 Å². The lowest BCUT2D eigenvalue weighted by molar-refractivity contribution is -0.0520. The van der Waals surface area contributed by atoms with Gasteiger partial charge in [0.15, 0.2) is 17.5 Å². The van der Waals surface area contributed by atoms with Gasteiger partial charge < -0.3 is 29.7 Å². The van der Waals surface area contributed by atoms with Crippen LogP contribution in [0.3, 0.4) is 0 Å². The lowest BCUT2D eigenvalue weighted by Gasteiger charge is -2.32. The van der Waals surface area contributed by atoms with Crippen molar-refractivity contribution in [2.45, 2.75) is 39.8 Å². The van der Waals surface area contributed by atoms with Crippen LogP contribution >= 0.6 is 0 Å². The SMILES string of the molecule is CCNC(=NCc1cccc(OCC)c1OC(F)F)NCC1CCN(CCOC)CC1. The highest BCUT2D eigenvalue weighted by Gasteiger charge is 2.19. The van der Waals surface area contributed by atoms with Crippen molar-refractivity contribution in [1.29, 1.82) is 0 Å². The molecular formula is C22H36F2N4O3. The van der Waals surface area contributed by atoms with E-state index >= 15 is 0 Å². The average molecular weight is 443 g/mol. The van der Waals surface area contributed by atoms with Gasteiger partial charge in [-0.3, -0.25) is 0 Å². The molecule has 0 bridgehead atoms. The monoisotopic (exact) mass is 442 g/mol. The first-order valence-electron chi connectivity index (χ1n) is 11.0. The van der Waals surface area contributed by atoms with Crippen molar-refractivity contribution in [3.8, 4) is 11.5 Å².